The minimum absolute atomic E-state index is 0.0828. The molecule has 1 aromatic heterocycles. The summed E-state index contributed by atoms with van der Waals surface area (Å²) in [6, 6.07) is 17.9. The van der Waals surface area contributed by atoms with E-state index in [2.05, 4.69) is 43.1 Å². The van der Waals surface area contributed by atoms with E-state index in [4.69, 9.17) is 4.52 Å². The lowest BCUT2D eigenvalue weighted by Crippen LogP contribution is -2.26. The molecule has 6 heteroatoms. The standard InChI is InChI=1S/C18H18BrN3O2/c19-16-8-4-7-15(11-16)18-20-17(24-21-18)13-22(9-10-23)12-14-5-2-1-3-6-14/h1-8,11,23H,9-10,12-13H2. The van der Waals surface area contributed by atoms with Crippen molar-refractivity contribution in [2.75, 3.05) is 13.2 Å². The average molecular weight is 388 g/mol. The largest absolute Gasteiger partial charge is 0.395 e. The van der Waals surface area contributed by atoms with Crippen molar-refractivity contribution in [3.05, 3.63) is 70.5 Å². The highest BCUT2D eigenvalue weighted by Gasteiger charge is 2.13. The van der Waals surface area contributed by atoms with Crippen LogP contribution in [0.1, 0.15) is 11.5 Å². The average Bonchev–Trinajstić information content (AvgIpc) is 3.04. The van der Waals surface area contributed by atoms with Crippen molar-refractivity contribution >= 4 is 15.9 Å². The Kier molecular flexibility index (Phi) is 5.74. The van der Waals surface area contributed by atoms with Gasteiger partial charge in [0.05, 0.1) is 13.2 Å². The summed E-state index contributed by atoms with van der Waals surface area (Å²) in [6.45, 7) is 1.84. The lowest BCUT2D eigenvalue weighted by Gasteiger charge is -2.19. The van der Waals surface area contributed by atoms with Gasteiger partial charge >= 0.3 is 0 Å². The Morgan fingerprint density at radius 2 is 1.88 bits per heavy atom. The topological polar surface area (TPSA) is 62.4 Å². The van der Waals surface area contributed by atoms with Crippen molar-refractivity contribution in [2.24, 2.45) is 0 Å². The van der Waals surface area contributed by atoms with Crippen molar-refractivity contribution in [3.63, 3.8) is 0 Å². The van der Waals surface area contributed by atoms with Crippen LogP contribution < -0.4 is 0 Å². The van der Waals surface area contributed by atoms with Gasteiger partial charge in [-0.05, 0) is 17.7 Å². The van der Waals surface area contributed by atoms with Gasteiger partial charge in [0.15, 0.2) is 0 Å². The molecule has 0 saturated heterocycles. The molecule has 0 radical (unpaired) electrons. The zero-order valence-corrected chi connectivity index (χ0v) is 14.7. The number of aliphatic hydroxyl groups is 1. The van der Waals surface area contributed by atoms with Crippen LogP contribution >= 0.6 is 15.9 Å². The van der Waals surface area contributed by atoms with E-state index in [1.165, 1.54) is 5.56 Å². The van der Waals surface area contributed by atoms with E-state index in [0.29, 0.717) is 24.8 Å². The third kappa shape index (κ3) is 4.50. The number of hydrogen-bond acceptors (Lipinski definition) is 5. The maximum Gasteiger partial charge on any atom is 0.241 e. The quantitative estimate of drug-likeness (QED) is 0.672. The Morgan fingerprint density at radius 3 is 2.62 bits per heavy atom. The third-order valence-corrected chi connectivity index (χ3v) is 4.07. The molecule has 0 amide bonds. The minimum atomic E-state index is 0.0828. The van der Waals surface area contributed by atoms with Crippen molar-refractivity contribution in [2.45, 2.75) is 13.1 Å². The van der Waals surface area contributed by atoms with E-state index < -0.39 is 0 Å². The lowest BCUT2D eigenvalue weighted by atomic mass is 10.2. The molecule has 0 atom stereocenters. The monoisotopic (exact) mass is 387 g/mol. The molecule has 0 saturated carbocycles. The number of nitrogens with zero attached hydrogens (tertiary/aromatic N) is 3. The van der Waals surface area contributed by atoms with Gasteiger partial charge in [-0.25, -0.2) is 0 Å². The van der Waals surface area contributed by atoms with Crippen LogP contribution in [-0.2, 0) is 13.1 Å². The Hall–Kier alpha value is -2.02. The van der Waals surface area contributed by atoms with Gasteiger partial charge < -0.3 is 9.63 Å². The number of aromatic nitrogens is 2. The van der Waals surface area contributed by atoms with E-state index in [1.807, 2.05) is 42.5 Å². The first-order valence-corrected chi connectivity index (χ1v) is 8.49. The molecule has 0 bridgehead atoms. The van der Waals surface area contributed by atoms with E-state index in [1.54, 1.807) is 0 Å². The van der Waals surface area contributed by atoms with Gasteiger partial charge in [-0.3, -0.25) is 4.90 Å². The first-order valence-electron chi connectivity index (χ1n) is 7.70. The van der Waals surface area contributed by atoms with Gasteiger partial charge in [-0.15, -0.1) is 0 Å². The molecule has 0 spiro atoms. The highest BCUT2D eigenvalue weighted by atomic mass is 79.9. The fourth-order valence-corrected chi connectivity index (χ4v) is 2.85. The molecule has 0 aliphatic rings. The molecule has 0 fully saturated rings. The molecular formula is C18H18BrN3O2. The van der Waals surface area contributed by atoms with Crippen LogP contribution in [-0.4, -0.2) is 33.3 Å². The second-order valence-electron chi connectivity index (χ2n) is 5.44. The van der Waals surface area contributed by atoms with Crippen LogP contribution in [0.3, 0.4) is 0 Å². The van der Waals surface area contributed by atoms with Crippen LogP contribution in [0.15, 0.2) is 63.6 Å². The summed E-state index contributed by atoms with van der Waals surface area (Å²) in [5, 5.41) is 13.3. The molecule has 1 N–H and O–H groups in total. The summed E-state index contributed by atoms with van der Waals surface area (Å²) < 4.78 is 6.34. The van der Waals surface area contributed by atoms with Crippen LogP contribution in [0.2, 0.25) is 0 Å². The zero-order chi connectivity index (χ0) is 16.8. The van der Waals surface area contributed by atoms with Crippen molar-refractivity contribution in [1.82, 2.24) is 15.0 Å². The molecule has 24 heavy (non-hydrogen) atoms. The van der Waals surface area contributed by atoms with E-state index in [0.717, 1.165) is 16.6 Å². The third-order valence-electron chi connectivity index (χ3n) is 3.58. The van der Waals surface area contributed by atoms with E-state index >= 15 is 0 Å². The molecule has 124 valence electrons. The number of hydrogen-bond donors (Lipinski definition) is 1. The zero-order valence-electron chi connectivity index (χ0n) is 13.1. The number of halogens is 1. The Labute approximate surface area is 149 Å². The summed E-state index contributed by atoms with van der Waals surface area (Å²) in [4.78, 5) is 6.54. The normalized spacial score (nSPS) is 11.1. The van der Waals surface area contributed by atoms with Crippen LogP contribution in [0.5, 0.6) is 0 Å². The number of aliphatic hydroxyl groups excluding tert-OH is 1. The first kappa shape index (κ1) is 16.8. The maximum absolute atomic E-state index is 9.29. The Balaban J connectivity index is 1.71. The molecule has 1 heterocycles. The highest BCUT2D eigenvalue weighted by molar-refractivity contribution is 9.10. The van der Waals surface area contributed by atoms with Crippen molar-refractivity contribution < 1.29 is 9.63 Å². The van der Waals surface area contributed by atoms with Gasteiger partial charge in [0.2, 0.25) is 11.7 Å². The molecule has 5 nitrogen and oxygen atoms in total. The van der Waals surface area contributed by atoms with Gasteiger partial charge in [-0.1, -0.05) is 63.6 Å². The second-order valence-corrected chi connectivity index (χ2v) is 6.36. The smallest absolute Gasteiger partial charge is 0.241 e. The molecule has 3 aromatic rings. The van der Waals surface area contributed by atoms with Crippen molar-refractivity contribution in [1.29, 1.82) is 0 Å². The predicted octanol–water partition coefficient (Wildman–Crippen LogP) is 3.49. The predicted molar refractivity (Wildman–Crippen MR) is 95.1 cm³/mol. The Bertz CT molecular complexity index is 777. The van der Waals surface area contributed by atoms with Gasteiger partial charge in [0, 0.05) is 23.1 Å². The van der Waals surface area contributed by atoms with Gasteiger partial charge in [0.1, 0.15) is 0 Å². The highest BCUT2D eigenvalue weighted by Crippen LogP contribution is 2.20. The van der Waals surface area contributed by atoms with Gasteiger partial charge in [0.25, 0.3) is 0 Å². The fourth-order valence-electron chi connectivity index (χ4n) is 2.45. The molecule has 0 aliphatic heterocycles. The van der Waals surface area contributed by atoms with Gasteiger partial charge in [-0.2, -0.15) is 4.98 Å². The number of rotatable bonds is 7. The van der Waals surface area contributed by atoms with E-state index in [9.17, 15) is 5.11 Å². The lowest BCUT2D eigenvalue weighted by molar-refractivity contribution is 0.167. The van der Waals surface area contributed by atoms with Crippen LogP contribution in [0.4, 0.5) is 0 Å². The fraction of sp³-hybridized carbons (Fsp3) is 0.222. The molecule has 0 unspecified atom stereocenters. The summed E-state index contributed by atoms with van der Waals surface area (Å²) in [6.07, 6.45) is 0. The number of benzene rings is 2. The molecular weight excluding hydrogens is 370 g/mol. The van der Waals surface area contributed by atoms with Crippen molar-refractivity contribution in [3.8, 4) is 11.4 Å². The Morgan fingerprint density at radius 1 is 1.04 bits per heavy atom. The van der Waals surface area contributed by atoms with Crippen LogP contribution in [0, 0.1) is 0 Å². The SMILES string of the molecule is OCCN(Cc1ccccc1)Cc1nc(-c2cccc(Br)c2)no1. The maximum atomic E-state index is 9.29. The second kappa shape index (κ2) is 8.19. The first-order chi connectivity index (χ1) is 11.7. The molecule has 0 aliphatic carbocycles. The minimum Gasteiger partial charge on any atom is -0.395 e. The summed E-state index contributed by atoms with van der Waals surface area (Å²) in [7, 11) is 0. The molecule has 3 rings (SSSR count). The molecule has 2 aromatic carbocycles. The van der Waals surface area contributed by atoms with E-state index in [-0.39, 0.29) is 6.61 Å². The van der Waals surface area contributed by atoms with Crippen LogP contribution in [0.25, 0.3) is 11.4 Å². The summed E-state index contributed by atoms with van der Waals surface area (Å²) in [5.74, 6) is 1.10. The summed E-state index contributed by atoms with van der Waals surface area (Å²) >= 11 is 3.44. The summed E-state index contributed by atoms with van der Waals surface area (Å²) in [5.41, 5.74) is 2.08.